The number of hydrogen-bond donors (Lipinski definition) is 1. The number of hydrogen-bond acceptors (Lipinski definition) is 7. The topological polar surface area (TPSA) is 124 Å². The van der Waals surface area contributed by atoms with Gasteiger partial charge in [0, 0.05) is 12.6 Å². The van der Waals surface area contributed by atoms with Crippen LogP contribution in [0.25, 0.3) is 6.08 Å². The van der Waals surface area contributed by atoms with Gasteiger partial charge in [-0.3, -0.25) is 14.9 Å². The summed E-state index contributed by atoms with van der Waals surface area (Å²) in [6.07, 6.45) is 1.28. The molecule has 1 aliphatic rings. The summed E-state index contributed by atoms with van der Waals surface area (Å²) in [7, 11) is 1.32. The van der Waals surface area contributed by atoms with Gasteiger partial charge in [0.15, 0.2) is 17.2 Å². The molecule has 0 unspecified atom stereocenters. The number of fused-ring (bicyclic) bond motifs is 1. The number of ether oxygens (including phenoxy) is 3. The van der Waals surface area contributed by atoms with Gasteiger partial charge in [0.05, 0.1) is 12.0 Å². The Bertz CT molecular complexity index is 1010. The molecule has 142 valence electrons. The van der Waals surface area contributed by atoms with Crippen LogP contribution in [-0.4, -0.2) is 24.7 Å². The minimum absolute atomic E-state index is 0.0907. The van der Waals surface area contributed by atoms with Crippen LogP contribution >= 0.6 is 0 Å². The molecule has 2 aromatic carbocycles. The standard InChI is InChI=1S/C19H15N3O6/c1-26-16-4-2-12(7-15(16)22(24)25)6-14(9-20)19(23)21-10-13-3-5-17-18(8-13)28-11-27-17/h2-8H,10-11H2,1H3,(H,21,23)/b14-6+. The number of nitrogens with one attached hydrogen (secondary N) is 1. The summed E-state index contributed by atoms with van der Waals surface area (Å²) < 4.78 is 15.4. The third-order valence-electron chi connectivity index (χ3n) is 3.97. The molecule has 0 bridgehead atoms. The highest BCUT2D eigenvalue weighted by Crippen LogP contribution is 2.32. The summed E-state index contributed by atoms with van der Waals surface area (Å²) >= 11 is 0. The summed E-state index contributed by atoms with van der Waals surface area (Å²) in [5, 5.41) is 23.0. The summed E-state index contributed by atoms with van der Waals surface area (Å²) in [6, 6.07) is 11.2. The van der Waals surface area contributed by atoms with Crippen LogP contribution in [0.1, 0.15) is 11.1 Å². The van der Waals surface area contributed by atoms with Gasteiger partial charge >= 0.3 is 5.69 Å². The summed E-state index contributed by atoms with van der Waals surface area (Å²) in [5.41, 5.74) is 0.673. The third kappa shape index (κ3) is 4.02. The molecule has 2 aromatic rings. The average Bonchev–Trinajstić information content (AvgIpc) is 3.17. The molecule has 0 fully saturated rings. The molecule has 0 aromatic heterocycles. The van der Waals surface area contributed by atoms with Gasteiger partial charge in [-0.1, -0.05) is 12.1 Å². The van der Waals surface area contributed by atoms with Gasteiger partial charge in [0.2, 0.25) is 6.79 Å². The van der Waals surface area contributed by atoms with Crippen LogP contribution in [0, 0.1) is 21.4 Å². The Balaban J connectivity index is 1.73. The van der Waals surface area contributed by atoms with Gasteiger partial charge in [-0.15, -0.1) is 0 Å². The maximum atomic E-state index is 12.3. The number of amides is 1. The molecular weight excluding hydrogens is 366 g/mol. The lowest BCUT2D eigenvalue weighted by Crippen LogP contribution is -2.23. The van der Waals surface area contributed by atoms with Crippen molar-refractivity contribution in [3.8, 4) is 23.3 Å². The van der Waals surface area contributed by atoms with E-state index in [1.54, 1.807) is 18.2 Å². The Morgan fingerprint density at radius 2 is 2.11 bits per heavy atom. The number of nitrogens with zero attached hydrogens (tertiary/aromatic N) is 2. The SMILES string of the molecule is COc1ccc(/C=C(\C#N)C(=O)NCc2ccc3c(c2)OCO3)cc1[N+](=O)[O-]. The highest BCUT2D eigenvalue weighted by Gasteiger charge is 2.17. The van der Waals surface area contributed by atoms with Crippen molar-refractivity contribution in [2.75, 3.05) is 13.9 Å². The minimum Gasteiger partial charge on any atom is -0.490 e. The zero-order valence-corrected chi connectivity index (χ0v) is 14.8. The van der Waals surface area contributed by atoms with Crippen molar-refractivity contribution in [3.05, 3.63) is 63.2 Å². The second-order valence-corrected chi connectivity index (χ2v) is 5.73. The second kappa shape index (κ2) is 8.09. The van der Waals surface area contributed by atoms with E-state index in [1.807, 2.05) is 6.07 Å². The summed E-state index contributed by atoms with van der Waals surface area (Å²) in [5.74, 6) is 0.716. The van der Waals surface area contributed by atoms with Gasteiger partial charge in [0.25, 0.3) is 5.91 Å². The van der Waals surface area contributed by atoms with E-state index < -0.39 is 10.8 Å². The highest BCUT2D eigenvalue weighted by atomic mass is 16.7. The lowest BCUT2D eigenvalue weighted by Gasteiger charge is -2.06. The fraction of sp³-hybridized carbons (Fsp3) is 0.158. The molecular formula is C19H15N3O6. The molecule has 0 saturated carbocycles. The fourth-order valence-electron chi connectivity index (χ4n) is 2.58. The van der Waals surface area contributed by atoms with Crippen molar-refractivity contribution in [2.45, 2.75) is 6.54 Å². The first kappa shape index (κ1) is 18.7. The van der Waals surface area contributed by atoms with E-state index in [0.29, 0.717) is 17.1 Å². The van der Waals surface area contributed by atoms with Crippen molar-refractivity contribution in [2.24, 2.45) is 0 Å². The molecule has 0 spiro atoms. The molecule has 1 heterocycles. The molecule has 1 amide bonds. The highest BCUT2D eigenvalue weighted by molar-refractivity contribution is 6.01. The van der Waals surface area contributed by atoms with E-state index in [1.165, 1.54) is 31.4 Å². The Hall–Kier alpha value is -4.06. The van der Waals surface area contributed by atoms with Crippen molar-refractivity contribution in [1.82, 2.24) is 5.32 Å². The summed E-state index contributed by atoms with van der Waals surface area (Å²) in [4.78, 5) is 22.8. The molecule has 1 N–H and O–H groups in total. The van der Waals surface area contributed by atoms with Gasteiger partial charge < -0.3 is 19.5 Å². The van der Waals surface area contributed by atoms with E-state index in [2.05, 4.69) is 5.32 Å². The average molecular weight is 381 g/mol. The molecule has 0 saturated heterocycles. The predicted molar refractivity (Wildman–Crippen MR) is 97.7 cm³/mol. The lowest BCUT2D eigenvalue weighted by atomic mass is 10.1. The molecule has 0 aliphatic carbocycles. The van der Waals surface area contributed by atoms with Gasteiger partial charge in [-0.05, 0) is 35.4 Å². The van der Waals surface area contributed by atoms with Crippen LogP contribution in [0.15, 0.2) is 42.0 Å². The number of nitro benzene ring substituents is 1. The number of rotatable bonds is 6. The van der Waals surface area contributed by atoms with Crippen LogP contribution in [0.2, 0.25) is 0 Å². The summed E-state index contributed by atoms with van der Waals surface area (Å²) in [6.45, 7) is 0.331. The predicted octanol–water partition coefficient (Wildman–Crippen LogP) is 2.56. The zero-order valence-electron chi connectivity index (χ0n) is 14.8. The van der Waals surface area contributed by atoms with E-state index in [4.69, 9.17) is 14.2 Å². The van der Waals surface area contributed by atoms with Gasteiger partial charge in [0.1, 0.15) is 11.6 Å². The number of carbonyl (C=O) groups excluding carboxylic acids is 1. The van der Waals surface area contributed by atoms with E-state index in [9.17, 15) is 20.2 Å². The number of nitro groups is 1. The molecule has 9 nitrogen and oxygen atoms in total. The molecule has 0 radical (unpaired) electrons. The molecule has 0 atom stereocenters. The van der Waals surface area contributed by atoms with Crippen molar-refractivity contribution in [1.29, 1.82) is 5.26 Å². The number of carbonyl (C=O) groups is 1. The lowest BCUT2D eigenvalue weighted by molar-refractivity contribution is -0.385. The van der Waals surface area contributed by atoms with Crippen LogP contribution in [0.4, 0.5) is 5.69 Å². The van der Waals surface area contributed by atoms with Gasteiger partial charge in [-0.2, -0.15) is 5.26 Å². The zero-order chi connectivity index (χ0) is 20.1. The normalized spacial score (nSPS) is 12.2. The van der Waals surface area contributed by atoms with Crippen molar-refractivity contribution >= 4 is 17.7 Å². The van der Waals surface area contributed by atoms with Crippen molar-refractivity contribution < 1.29 is 23.9 Å². The van der Waals surface area contributed by atoms with Crippen LogP contribution in [0.3, 0.4) is 0 Å². The van der Waals surface area contributed by atoms with Gasteiger partial charge in [-0.25, -0.2) is 0 Å². The Labute approximate surface area is 159 Å². The van der Waals surface area contributed by atoms with E-state index in [-0.39, 0.29) is 30.3 Å². The quantitative estimate of drug-likeness (QED) is 0.353. The first-order chi connectivity index (χ1) is 13.5. The monoisotopic (exact) mass is 381 g/mol. The fourth-order valence-corrected chi connectivity index (χ4v) is 2.58. The van der Waals surface area contributed by atoms with E-state index in [0.717, 1.165) is 5.56 Å². The van der Waals surface area contributed by atoms with E-state index >= 15 is 0 Å². The van der Waals surface area contributed by atoms with Crippen LogP contribution in [-0.2, 0) is 11.3 Å². The Morgan fingerprint density at radius 1 is 1.32 bits per heavy atom. The molecule has 28 heavy (non-hydrogen) atoms. The van der Waals surface area contributed by atoms with Crippen LogP contribution < -0.4 is 19.5 Å². The molecule has 9 heteroatoms. The number of nitriles is 1. The first-order valence-corrected chi connectivity index (χ1v) is 8.12. The molecule has 3 rings (SSSR count). The number of benzene rings is 2. The largest absolute Gasteiger partial charge is 0.490 e. The maximum absolute atomic E-state index is 12.3. The Kier molecular flexibility index (Phi) is 5.41. The van der Waals surface area contributed by atoms with Crippen molar-refractivity contribution in [3.63, 3.8) is 0 Å². The smallest absolute Gasteiger partial charge is 0.311 e. The Morgan fingerprint density at radius 3 is 2.82 bits per heavy atom. The second-order valence-electron chi connectivity index (χ2n) is 5.73. The third-order valence-corrected chi connectivity index (χ3v) is 3.97. The number of methoxy groups -OCH3 is 1. The maximum Gasteiger partial charge on any atom is 0.311 e. The molecule has 1 aliphatic heterocycles. The van der Waals surface area contributed by atoms with Crippen LogP contribution in [0.5, 0.6) is 17.2 Å². The first-order valence-electron chi connectivity index (χ1n) is 8.12. The minimum atomic E-state index is -0.598.